The van der Waals surface area contributed by atoms with E-state index >= 15 is 0 Å². The minimum Gasteiger partial charge on any atom is -1.00 e. The van der Waals surface area contributed by atoms with Gasteiger partial charge in [0.1, 0.15) is 6.54 Å². The molecule has 0 aromatic rings. The molecule has 0 amide bonds. The van der Waals surface area contributed by atoms with Crippen molar-refractivity contribution in [1.29, 1.82) is 0 Å². The van der Waals surface area contributed by atoms with Crippen molar-refractivity contribution in [3.8, 4) is 11.8 Å². The number of halogens is 2. The molecule has 0 spiro atoms. The van der Waals surface area contributed by atoms with Crippen LogP contribution in [0.15, 0.2) is 23.3 Å². The van der Waals surface area contributed by atoms with E-state index in [1.54, 1.807) is 0 Å². The molecule has 0 atom stereocenters. The number of nitrogens with zero attached hydrogens (tertiary/aromatic N) is 2. The molecule has 2 nitrogen and oxygen atoms in total. The van der Waals surface area contributed by atoms with Gasteiger partial charge in [0.25, 0.3) is 0 Å². The van der Waals surface area contributed by atoms with Crippen LogP contribution in [0.4, 0.5) is 0 Å². The van der Waals surface area contributed by atoms with Gasteiger partial charge in [-0.3, -0.25) is 0 Å². The fraction of sp³-hybridized carbons (Fsp3) is 0.700. The third-order valence-corrected chi connectivity index (χ3v) is 4.36. The molecule has 0 radical (unpaired) electrons. The maximum atomic E-state index is 3.52. The second kappa shape index (κ2) is 11.2. The van der Waals surface area contributed by atoms with Crippen molar-refractivity contribution in [3.05, 3.63) is 23.3 Å². The highest BCUT2D eigenvalue weighted by Crippen LogP contribution is 2.19. The zero-order valence-corrected chi connectivity index (χ0v) is 18.9. The van der Waals surface area contributed by atoms with Gasteiger partial charge in [0.15, 0.2) is 5.54 Å². The summed E-state index contributed by atoms with van der Waals surface area (Å²) in [7, 11) is 9.00. The van der Waals surface area contributed by atoms with Crippen molar-refractivity contribution < 1.29 is 33.8 Å². The summed E-state index contributed by atoms with van der Waals surface area (Å²) in [4.78, 5) is 0. The Morgan fingerprint density at radius 3 is 1.67 bits per heavy atom. The Kier molecular flexibility index (Phi) is 13.2. The predicted molar refractivity (Wildman–Crippen MR) is 99.5 cm³/mol. The lowest BCUT2D eigenvalue weighted by molar-refractivity contribution is -0.923. The van der Waals surface area contributed by atoms with Crippen LogP contribution in [-0.2, 0) is 0 Å². The Hall–Kier alpha value is -0.460. The zero-order chi connectivity index (χ0) is 17.6. The van der Waals surface area contributed by atoms with Crippen molar-refractivity contribution in [2.24, 2.45) is 0 Å². The zero-order valence-electron chi connectivity index (χ0n) is 17.4. The van der Waals surface area contributed by atoms with E-state index < -0.39 is 0 Å². The molecule has 0 aliphatic carbocycles. The first-order chi connectivity index (χ1) is 9.79. The van der Waals surface area contributed by atoms with Crippen molar-refractivity contribution in [2.75, 3.05) is 47.8 Å². The van der Waals surface area contributed by atoms with E-state index in [0.29, 0.717) is 0 Å². The smallest absolute Gasteiger partial charge is 0.155 e. The average Bonchev–Trinajstić information content (AvgIpc) is 2.33. The van der Waals surface area contributed by atoms with E-state index in [1.165, 1.54) is 11.1 Å². The van der Waals surface area contributed by atoms with E-state index in [2.05, 4.69) is 93.7 Å². The number of quaternary nitrogens is 2. The molecule has 0 aliphatic rings. The molecule has 4 heteroatoms. The molecule has 0 saturated carbocycles. The highest BCUT2D eigenvalue weighted by Gasteiger charge is 2.33. The summed E-state index contributed by atoms with van der Waals surface area (Å²) in [6.07, 6.45) is 4.60. The maximum absolute atomic E-state index is 3.52. The van der Waals surface area contributed by atoms with E-state index in [1.807, 2.05) is 0 Å². The van der Waals surface area contributed by atoms with Gasteiger partial charge in [-0.25, -0.2) is 0 Å². The largest absolute Gasteiger partial charge is 1.00 e. The van der Waals surface area contributed by atoms with Gasteiger partial charge in [0, 0.05) is 13.8 Å². The Morgan fingerprint density at radius 1 is 0.833 bits per heavy atom. The van der Waals surface area contributed by atoms with Crippen molar-refractivity contribution >= 4 is 0 Å². The van der Waals surface area contributed by atoms with E-state index in [9.17, 15) is 0 Å². The van der Waals surface area contributed by atoms with Crippen molar-refractivity contribution in [2.45, 2.75) is 47.1 Å². The van der Waals surface area contributed by atoms with Crippen LogP contribution in [0.1, 0.15) is 41.5 Å². The maximum Gasteiger partial charge on any atom is 0.155 e. The summed E-state index contributed by atoms with van der Waals surface area (Å²) in [6, 6.07) is 0. The molecule has 24 heavy (non-hydrogen) atoms. The first-order valence-corrected chi connectivity index (χ1v) is 8.21. The minimum absolute atomic E-state index is 0. The Balaban J connectivity index is -0.00000220. The van der Waals surface area contributed by atoms with Gasteiger partial charge in [-0.05, 0) is 51.7 Å². The fourth-order valence-electron chi connectivity index (χ4n) is 1.75. The van der Waals surface area contributed by atoms with E-state index in [0.717, 1.165) is 28.6 Å². The second-order valence-corrected chi connectivity index (χ2v) is 8.57. The molecule has 0 heterocycles. The topological polar surface area (TPSA) is 0 Å². The predicted octanol–water partition coefficient (Wildman–Crippen LogP) is -2.14. The Morgan fingerprint density at radius 2 is 1.25 bits per heavy atom. The molecule has 0 bridgehead atoms. The van der Waals surface area contributed by atoms with Gasteiger partial charge in [0.2, 0.25) is 0 Å². The monoisotopic (exact) mass is 376 g/mol. The number of hydrogen-bond donors (Lipinski definition) is 0. The summed E-state index contributed by atoms with van der Waals surface area (Å²) >= 11 is 0. The third kappa shape index (κ3) is 11.2. The van der Waals surface area contributed by atoms with Crippen molar-refractivity contribution in [3.63, 3.8) is 0 Å². The highest BCUT2D eigenvalue weighted by molar-refractivity contribution is 5.12. The standard InChI is InChI=1S/C20H38N2.2ClH/c1-18(2)12-16-21(7,8)15-11-14-20(5,6)22(9,10)17-13-19(3)4;;/h12-13H,15-17H2,1-10H3;2*1H/q+2;;/p-2. The SMILES string of the molecule is CC(C)=CC[N+](C)(C)CC#CC(C)(C)[N+](C)(C)CC=C(C)C.[Cl-].[Cl-]. The molecule has 0 N–H and O–H groups in total. The summed E-state index contributed by atoms with van der Waals surface area (Å²) in [5.74, 6) is 6.96. The van der Waals surface area contributed by atoms with Gasteiger partial charge in [-0.1, -0.05) is 11.1 Å². The molecule has 0 aliphatic heterocycles. The Labute approximate surface area is 164 Å². The third-order valence-electron chi connectivity index (χ3n) is 4.36. The van der Waals surface area contributed by atoms with Crippen molar-refractivity contribution in [1.82, 2.24) is 0 Å². The van der Waals surface area contributed by atoms with Crippen LogP contribution in [0.25, 0.3) is 0 Å². The molecule has 0 rings (SSSR count). The highest BCUT2D eigenvalue weighted by atomic mass is 35.5. The van der Waals surface area contributed by atoms with E-state index in [4.69, 9.17) is 0 Å². The van der Waals surface area contributed by atoms with Crippen LogP contribution in [0.3, 0.4) is 0 Å². The van der Waals surface area contributed by atoms with Crippen LogP contribution in [-0.4, -0.2) is 62.3 Å². The van der Waals surface area contributed by atoms with Crippen LogP contribution in [0.2, 0.25) is 0 Å². The number of rotatable bonds is 6. The molecular weight excluding hydrogens is 339 g/mol. The first kappa shape index (κ1) is 28.3. The quantitative estimate of drug-likeness (QED) is 0.282. The van der Waals surface area contributed by atoms with Gasteiger partial charge in [0.05, 0.1) is 41.3 Å². The average molecular weight is 377 g/mol. The van der Waals surface area contributed by atoms with Gasteiger partial charge >= 0.3 is 0 Å². The molecule has 0 unspecified atom stereocenters. The normalized spacial score (nSPS) is 11.2. The number of hydrogen-bond acceptors (Lipinski definition) is 0. The lowest BCUT2D eigenvalue weighted by Crippen LogP contribution is -3.00. The first-order valence-electron chi connectivity index (χ1n) is 8.21. The molecule has 0 saturated heterocycles. The van der Waals surface area contributed by atoms with Gasteiger partial charge in [-0.2, -0.15) is 0 Å². The van der Waals surface area contributed by atoms with E-state index in [-0.39, 0.29) is 30.4 Å². The number of allylic oxidation sites excluding steroid dienone is 2. The summed E-state index contributed by atoms with van der Waals surface area (Å²) in [5.41, 5.74) is 2.69. The number of likely N-dealkylation sites (N-methyl/N-ethyl adjacent to an activating group) is 2. The van der Waals surface area contributed by atoms with Crippen LogP contribution in [0, 0.1) is 11.8 Å². The summed E-state index contributed by atoms with van der Waals surface area (Å²) in [6.45, 7) is 16.0. The van der Waals surface area contributed by atoms with Crippen LogP contribution >= 0.6 is 0 Å². The Bertz CT molecular complexity index is 482. The summed E-state index contributed by atoms with van der Waals surface area (Å²) < 4.78 is 1.79. The molecule has 0 aromatic heterocycles. The molecular formula is C20H38Cl2N2. The van der Waals surface area contributed by atoms with Gasteiger partial charge in [-0.15, -0.1) is 0 Å². The molecule has 142 valence electrons. The minimum atomic E-state index is -0.0531. The summed E-state index contributed by atoms with van der Waals surface area (Å²) in [5, 5.41) is 0. The molecule has 0 aromatic carbocycles. The van der Waals surface area contributed by atoms with Crippen LogP contribution < -0.4 is 24.8 Å². The van der Waals surface area contributed by atoms with Gasteiger partial charge < -0.3 is 33.8 Å². The second-order valence-electron chi connectivity index (χ2n) is 8.57. The lowest BCUT2D eigenvalue weighted by Gasteiger charge is -2.40. The fourth-order valence-corrected chi connectivity index (χ4v) is 1.75. The lowest BCUT2D eigenvalue weighted by atomic mass is 10.0. The molecule has 0 fully saturated rings. The van der Waals surface area contributed by atoms with Crippen LogP contribution in [0.5, 0.6) is 0 Å².